The van der Waals surface area contributed by atoms with Gasteiger partial charge in [0.15, 0.2) is 0 Å². The Balaban J connectivity index is 1.86. The molecule has 0 spiro atoms. The molecule has 0 heterocycles. The van der Waals surface area contributed by atoms with Gasteiger partial charge in [-0.3, -0.25) is 0 Å². The van der Waals surface area contributed by atoms with E-state index in [0.29, 0.717) is 0 Å². The summed E-state index contributed by atoms with van der Waals surface area (Å²) in [5, 5.41) is 12.0. The number of hydrogen-bond acceptors (Lipinski definition) is 2. The van der Waals surface area contributed by atoms with Gasteiger partial charge in [0, 0.05) is 11.8 Å². The van der Waals surface area contributed by atoms with E-state index in [1.54, 1.807) is 0 Å². The van der Waals surface area contributed by atoms with Crippen molar-refractivity contribution in [3.63, 3.8) is 0 Å². The fraction of sp³-hybridized carbons (Fsp3) is 0.375. The van der Waals surface area contributed by atoms with Crippen molar-refractivity contribution < 1.29 is 9.84 Å². The molecular weight excluding hydrogens is 224 g/mol. The van der Waals surface area contributed by atoms with E-state index < -0.39 is 0 Å². The van der Waals surface area contributed by atoms with Crippen LogP contribution < -0.4 is 4.74 Å². The maximum Gasteiger partial charge on any atom is 0.127 e. The van der Waals surface area contributed by atoms with E-state index in [2.05, 4.69) is 18.2 Å². The molecule has 18 heavy (non-hydrogen) atoms. The van der Waals surface area contributed by atoms with Crippen LogP contribution in [0.25, 0.3) is 10.8 Å². The van der Waals surface area contributed by atoms with Gasteiger partial charge in [0.25, 0.3) is 0 Å². The molecule has 0 aliphatic heterocycles. The summed E-state index contributed by atoms with van der Waals surface area (Å²) in [5.74, 6) is 0.937. The largest absolute Gasteiger partial charge is 0.490 e. The number of aliphatic hydroxyl groups is 1. The van der Waals surface area contributed by atoms with Crippen LogP contribution in [0, 0.1) is 0 Å². The molecule has 3 rings (SSSR count). The Kier molecular flexibility index (Phi) is 3.20. The Hall–Kier alpha value is -1.54. The first-order chi connectivity index (χ1) is 8.83. The molecule has 0 bridgehead atoms. The molecule has 1 aliphatic rings. The highest BCUT2D eigenvalue weighted by Crippen LogP contribution is 2.29. The first-order valence-electron chi connectivity index (χ1n) is 6.65. The number of rotatable bonds is 2. The monoisotopic (exact) mass is 242 g/mol. The molecule has 2 nitrogen and oxygen atoms in total. The van der Waals surface area contributed by atoms with Crippen molar-refractivity contribution in [3.05, 3.63) is 42.5 Å². The average molecular weight is 242 g/mol. The topological polar surface area (TPSA) is 29.5 Å². The van der Waals surface area contributed by atoms with Crippen molar-refractivity contribution in [1.29, 1.82) is 0 Å². The molecule has 0 amide bonds. The minimum absolute atomic E-state index is 0.152. The van der Waals surface area contributed by atoms with Crippen LogP contribution in [0.3, 0.4) is 0 Å². The summed E-state index contributed by atoms with van der Waals surface area (Å²) in [6.07, 6.45) is 3.72. The quantitative estimate of drug-likeness (QED) is 0.873. The minimum Gasteiger partial charge on any atom is -0.490 e. The lowest BCUT2D eigenvalue weighted by atomic mass is 9.95. The number of ether oxygens (including phenoxy) is 1. The Morgan fingerprint density at radius 1 is 1.00 bits per heavy atom. The zero-order chi connectivity index (χ0) is 12.4. The van der Waals surface area contributed by atoms with Crippen molar-refractivity contribution in [2.75, 3.05) is 0 Å². The fourth-order valence-electron chi connectivity index (χ4n) is 2.71. The summed E-state index contributed by atoms with van der Waals surface area (Å²) in [7, 11) is 0. The maximum atomic E-state index is 9.69. The van der Waals surface area contributed by atoms with Gasteiger partial charge in [-0.15, -0.1) is 0 Å². The third-order valence-electron chi connectivity index (χ3n) is 3.64. The van der Waals surface area contributed by atoms with Crippen LogP contribution in [0.2, 0.25) is 0 Å². The lowest BCUT2D eigenvalue weighted by Gasteiger charge is -2.27. The second-order valence-electron chi connectivity index (χ2n) is 5.04. The normalized spacial score (nSPS) is 24.1. The molecular formula is C16H18O2. The summed E-state index contributed by atoms with van der Waals surface area (Å²) in [4.78, 5) is 0. The first kappa shape index (κ1) is 11.5. The summed E-state index contributed by atoms with van der Waals surface area (Å²) in [5.41, 5.74) is 0. The highest BCUT2D eigenvalue weighted by molar-refractivity contribution is 5.88. The lowest BCUT2D eigenvalue weighted by Crippen LogP contribution is -2.28. The maximum absolute atomic E-state index is 9.69. The van der Waals surface area contributed by atoms with E-state index in [0.717, 1.165) is 36.8 Å². The number of fused-ring (bicyclic) bond motifs is 1. The van der Waals surface area contributed by atoms with E-state index >= 15 is 0 Å². The van der Waals surface area contributed by atoms with Gasteiger partial charge in [0.1, 0.15) is 11.9 Å². The second-order valence-corrected chi connectivity index (χ2v) is 5.04. The van der Waals surface area contributed by atoms with Crippen molar-refractivity contribution in [2.45, 2.75) is 37.9 Å². The highest BCUT2D eigenvalue weighted by Gasteiger charge is 2.21. The van der Waals surface area contributed by atoms with E-state index in [4.69, 9.17) is 4.74 Å². The lowest BCUT2D eigenvalue weighted by molar-refractivity contribution is 0.0544. The molecule has 1 fully saturated rings. The number of hydrogen-bond donors (Lipinski definition) is 1. The molecule has 2 aromatic rings. The first-order valence-corrected chi connectivity index (χ1v) is 6.65. The molecule has 2 heteroatoms. The van der Waals surface area contributed by atoms with Gasteiger partial charge in [0.05, 0.1) is 6.10 Å². The van der Waals surface area contributed by atoms with E-state index in [-0.39, 0.29) is 12.2 Å². The van der Waals surface area contributed by atoms with Crippen LogP contribution in [-0.4, -0.2) is 17.3 Å². The fourth-order valence-corrected chi connectivity index (χ4v) is 2.71. The standard InChI is InChI=1S/C16H18O2/c17-13-7-4-8-14(11-13)18-16-10-3-6-12-5-1-2-9-15(12)16/h1-3,5-6,9-10,13-14,17H,4,7-8,11H2. The smallest absolute Gasteiger partial charge is 0.127 e. The SMILES string of the molecule is OC1CCCC(Oc2cccc3ccccc23)C1. The molecule has 0 saturated heterocycles. The molecule has 2 unspecified atom stereocenters. The molecule has 1 saturated carbocycles. The molecule has 1 N–H and O–H groups in total. The van der Waals surface area contributed by atoms with Gasteiger partial charge < -0.3 is 9.84 Å². The van der Waals surface area contributed by atoms with Crippen molar-refractivity contribution in [3.8, 4) is 5.75 Å². The highest BCUT2D eigenvalue weighted by atomic mass is 16.5. The molecule has 1 aliphatic carbocycles. The van der Waals surface area contributed by atoms with E-state index in [9.17, 15) is 5.11 Å². The van der Waals surface area contributed by atoms with Gasteiger partial charge in [0.2, 0.25) is 0 Å². The van der Waals surface area contributed by atoms with Crippen LogP contribution in [0.5, 0.6) is 5.75 Å². The van der Waals surface area contributed by atoms with Gasteiger partial charge in [-0.1, -0.05) is 36.4 Å². The van der Waals surface area contributed by atoms with Gasteiger partial charge in [-0.2, -0.15) is 0 Å². The Morgan fingerprint density at radius 2 is 1.83 bits per heavy atom. The Bertz CT molecular complexity index is 530. The van der Waals surface area contributed by atoms with Crippen LogP contribution in [-0.2, 0) is 0 Å². The number of benzene rings is 2. The zero-order valence-corrected chi connectivity index (χ0v) is 10.4. The summed E-state index contributed by atoms with van der Waals surface area (Å²) in [6, 6.07) is 14.4. The van der Waals surface area contributed by atoms with Crippen molar-refractivity contribution in [1.82, 2.24) is 0 Å². The molecule has 2 aromatic carbocycles. The van der Waals surface area contributed by atoms with Gasteiger partial charge in [-0.05, 0) is 30.7 Å². The molecule has 2 atom stereocenters. The van der Waals surface area contributed by atoms with Crippen LogP contribution in [0.15, 0.2) is 42.5 Å². The third-order valence-corrected chi connectivity index (χ3v) is 3.64. The molecule has 94 valence electrons. The predicted molar refractivity (Wildman–Crippen MR) is 72.8 cm³/mol. The van der Waals surface area contributed by atoms with Crippen LogP contribution >= 0.6 is 0 Å². The van der Waals surface area contributed by atoms with Crippen LogP contribution in [0.4, 0.5) is 0 Å². The van der Waals surface area contributed by atoms with Crippen LogP contribution in [0.1, 0.15) is 25.7 Å². The second kappa shape index (κ2) is 4.99. The zero-order valence-electron chi connectivity index (χ0n) is 10.4. The molecule has 0 radical (unpaired) electrons. The van der Waals surface area contributed by atoms with Gasteiger partial charge in [-0.25, -0.2) is 0 Å². The van der Waals surface area contributed by atoms with Gasteiger partial charge >= 0.3 is 0 Å². The van der Waals surface area contributed by atoms with E-state index in [1.165, 1.54) is 5.39 Å². The van der Waals surface area contributed by atoms with Crippen molar-refractivity contribution in [2.24, 2.45) is 0 Å². The minimum atomic E-state index is -0.196. The summed E-state index contributed by atoms with van der Waals surface area (Å²) >= 11 is 0. The van der Waals surface area contributed by atoms with Crippen molar-refractivity contribution >= 4 is 10.8 Å². The third kappa shape index (κ3) is 2.34. The number of aliphatic hydroxyl groups excluding tert-OH is 1. The Labute approximate surface area is 107 Å². The Morgan fingerprint density at radius 3 is 2.72 bits per heavy atom. The molecule has 0 aromatic heterocycles. The van der Waals surface area contributed by atoms with E-state index in [1.807, 2.05) is 24.3 Å². The summed E-state index contributed by atoms with van der Waals surface area (Å²) in [6.45, 7) is 0. The predicted octanol–water partition coefficient (Wildman–Crippen LogP) is 3.52. The average Bonchev–Trinajstić information content (AvgIpc) is 2.39. The summed E-state index contributed by atoms with van der Waals surface area (Å²) < 4.78 is 6.08.